The Balaban J connectivity index is 2.06. The molecule has 3 aromatic rings. The summed E-state index contributed by atoms with van der Waals surface area (Å²) in [5.41, 5.74) is 6.57. The van der Waals surface area contributed by atoms with E-state index >= 15 is 0 Å². The van der Waals surface area contributed by atoms with Gasteiger partial charge in [0.25, 0.3) is 5.56 Å². The second-order valence-corrected chi connectivity index (χ2v) is 8.14. The third-order valence-electron chi connectivity index (χ3n) is 4.29. The molecular formula is C20H18N4O5S2. The number of benzene rings is 1. The van der Waals surface area contributed by atoms with E-state index in [0.29, 0.717) is 16.5 Å². The highest BCUT2D eigenvalue weighted by Crippen LogP contribution is 2.35. The Morgan fingerprint density at radius 3 is 2.77 bits per heavy atom. The highest BCUT2D eigenvalue weighted by Gasteiger charge is 2.24. The summed E-state index contributed by atoms with van der Waals surface area (Å²) in [5.74, 6) is -1.06. The van der Waals surface area contributed by atoms with Gasteiger partial charge in [0.15, 0.2) is 5.16 Å². The lowest BCUT2D eigenvalue weighted by Gasteiger charge is -2.12. The van der Waals surface area contributed by atoms with Crippen molar-refractivity contribution in [1.29, 1.82) is 5.26 Å². The first-order valence-electron chi connectivity index (χ1n) is 9.08. The normalized spacial score (nSPS) is 10.6. The van der Waals surface area contributed by atoms with Crippen LogP contribution in [-0.4, -0.2) is 35.2 Å². The van der Waals surface area contributed by atoms with Crippen LogP contribution in [0.15, 0.2) is 34.2 Å². The Morgan fingerprint density at radius 1 is 1.35 bits per heavy atom. The van der Waals surface area contributed by atoms with Crippen molar-refractivity contribution in [2.24, 2.45) is 0 Å². The smallest absolute Gasteiger partial charge is 0.348 e. The Labute approximate surface area is 185 Å². The number of thioether (sulfide) groups is 1. The quantitative estimate of drug-likeness (QED) is 0.321. The zero-order chi connectivity index (χ0) is 22.5. The first-order valence-corrected chi connectivity index (χ1v) is 10.9. The number of aromatic nitrogens is 2. The summed E-state index contributed by atoms with van der Waals surface area (Å²) in [6.45, 7) is 1.53. The van der Waals surface area contributed by atoms with Gasteiger partial charge in [-0.25, -0.2) is 9.78 Å². The number of thiophene rings is 1. The van der Waals surface area contributed by atoms with E-state index in [1.54, 1.807) is 31.2 Å². The van der Waals surface area contributed by atoms with Crippen molar-refractivity contribution in [3.05, 3.63) is 50.6 Å². The molecule has 0 saturated carbocycles. The highest BCUT2D eigenvalue weighted by atomic mass is 32.2. The van der Waals surface area contributed by atoms with Gasteiger partial charge in [0.2, 0.25) is 0 Å². The van der Waals surface area contributed by atoms with Crippen molar-refractivity contribution >= 4 is 50.9 Å². The van der Waals surface area contributed by atoms with E-state index < -0.39 is 17.5 Å². The number of esters is 2. The number of hydrogen-bond acceptors (Lipinski definition) is 10. The van der Waals surface area contributed by atoms with Gasteiger partial charge in [0, 0.05) is 11.3 Å². The zero-order valence-electron chi connectivity index (χ0n) is 16.7. The summed E-state index contributed by atoms with van der Waals surface area (Å²) < 4.78 is 11.0. The lowest BCUT2D eigenvalue weighted by Crippen LogP contribution is -2.27. The summed E-state index contributed by atoms with van der Waals surface area (Å²) in [6.07, 6.45) is 0. The maximum absolute atomic E-state index is 13.0. The molecule has 0 unspecified atom stereocenters. The highest BCUT2D eigenvalue weighted by molar-refractivity contribution is 7.98. The molecule has 0 aliphatic heterocycles. The third-order valence-corrected chi connectivity index (χ3v) is 6.34. The molecule has 0 aliphatic carbocycles. The molecule has 0 atom stereocenters. The number of anilines is 1. The van der Waals surface area contributed by atoms with Gasteiger partial charge in [-0.2, -0.15) is 5.26 Å². The van der Waals surface area contributed by atoms with E-state index in [1.807, 2.05) is 6.07 Å². The third kappa shape index (κ3) is 4.55. The van der Waals surface area contributed by atoms with Crippen LogP contribution in [0.2, 0.25) is 0 Å². The van der Waals surface area contributed by atoms with Crippen LogP contribution in [0.4, 0.5) is 5.00 Å². The first-order chi connectivity index (χ1) is 14.9. The Kier molecular flexibility index (Phi) is 6.94. The zero-order valence-corrected chi connectivity index (χ0v) is 18.3. The van der Waals surface area contributed by atoms with E-state index in [0.717, 1.165) is 23.1 Å². The molecule has 0 radical (unpaired) electrons. The second-order valence-electron chi connectivity index (χ2n) is 6.15. The average Bonchev–Trinajstić information content (AvgIpc) is 3.09. The maximum Gasteiger partial charge on any atom is 0.348 e. The number of nitriles is 1. The molecule has 0 aliphatic rings. The second kappa shape index (κ2) is 9.63. The minimum Gasteiger partial charge on any atom is -0.468 e. The molecule has 2 aromatic heterocycles. The van der Waals surface area contributed by atoms with Gasteiger partial charge < -0.3 is 15.2 Å². The van der Waals surface area contributed by atoms with E-state index in [4.69, 9.17) is 15.2 Å². The molecule has 0 spiro atoms. The Morgan fingerprint density at radius 2 is 2.10 bits per heavy atom. The minimum absolute atomic E-state index is 0.122. The predicted octanol–water partition coefficient (Wildman–Crippen LogP) is 2.55. The number of fused-ring (bicyclic) bond motifs is 1. The number of rotatable bonds is 7. The Bertz CT molecular complexity index is 1260. The van der Waals surface area contributed by atoms with E-state index in [1.165, 1.54) is 11.7 Å². The van der Waals surface area contributed by atoms with Crippen molar-refractivity contribution < 1.29 is 19.1 Å². The number of methoxy groups -OCH3 is 1. The average molecular weight is 459 g/mol. The van der Waals surface area contributed by atoms with Gasteiger partial charge in [-0.3, -0.25) is 14.2 Å². The first kappa shape index (κ1) is 22.3. The summed E-state index contributed by atoms with van der Waals surface area (Å²) in [4.78, 5) is 41.9. The molecule has 31 heavy (non-hydrogen) atoms. The largest absolute Gasteiger partial charge is 0.468 e. The van der Waals surface area contributed by atoms with Crippen molar-refractivity contribution in [3.8, 4) is 6.07 Å². The molecule has 160 valence electrons. The van der Waals surface area contributed by atoms with Crippen molar-refractivity contribution in [3.63, 3.8) is 0 Å². The van der Waals surface area contributed by atoms with Crippen molar-refractivity contribution in [1.82, 2.24) is 9.55 Å². The molecule has 3 rings (SSSR count). The number of para-hydroxylation sites is 1. The van der Waals surface area contributed by atoms with Crippen molar-refractivity contribution in [2.75, 3.05) is 19.5 Å². The summed E-state index contributed by atoms with van der Waals surface area (Å²) in [7, 11) is 1.23. The van der Waals surface area contributed by atoms with Crippen LogP contribution in [-0.2, 0) is 26.6 Å². The van der Waals surface area contributed by atoms with Gasteiger partial charge in [0.1, 0.15) is 22.5 Å². The fourth-order valence-corrected chi connectivity index (χ4v) is 4.88. The van der Waals surface area contributed by atoms with Crippen LogP contribution in [0, 0.1) is 11.3 Å². The Hall–Kier alpha value is -3.36. The number of carbonyl (C=O) groups excluding carboxylic acids is 2. The summed E-state index contributed by atoms with van der Waals surface area (Å²) >= 11 is 2.09. The van der Waals surface area contributed by atoms with E-state index in [2.05, 4.69) is 4.98 Å². The van der Waals surface area contributed by atoms with Crippen LogP contribution in [0.1, 0.15) is 27.7 Å². The van der Waals surface area contributed by atoms with Crippen LogP contribution in [0.25, 0.3) is 10.9 Å². The number of ether oxygens (including phenoxy) is 2. The number of hydrogen-bond donors (Lipinski definition) is 1. The topological polar surface area (TPSA) is 137 Å². The molecule has 0 bridgehead atoms. The standard InChI is InChI=1S/C20H18N4O5S2/c1-3-29-19(27)16-13(12(8-21)17(22)31-16)10-30-20-23-14-7-5-4-6-11(14)18(26)24(20)9-15(25)28-2/h4-7H,3,9-10,22H2,1-2H3. The van der Waals surface area contributed by atoms with Crippen LogP contribution in [0.3, 0.4) is 0 Å². The van der Waals surface area contributed by atoms with Crippen LogP contribution in [0.5, 0.6) is 0 Å². The number of nitrogen functional groups attached to an aromatic ring is 1. The van der Waals surface area contributed by atoms with Gasteiger partial charge in [-0.05, 0) is 19.1 Å². The lowest BCUT2D eigenvalue weighted by atomic mass is 10.2. The molecule has 2 heterocycles. The molecule has 0 fully saturated rings. The van der Waals surface area contributed by atoms with E-state index in [9.17, 15) is 19.6 Å². The van der Waals surface area contributed by atoms with Crippen LogP contribution < -0.4 is 11.3 Å². The number of carbonyl (C=O) groups is 2. The lowest BCUT2D eigenvalue weighted by molar-refractivity contribution is -0.141. The van der Waals surface area contributed by atoms with Gasteiger partial charge in [-0.15, -0.1) is 11.3 Å². The van der Waals surface area contributed by atoms with Crippen LogP contribution >= 0.6 is 23.1 Å². The molecule has 9 nitrogen and oxygen atoms in total. The molecule has 2 N–H and O–H groups in total. The predicted molar refractivity (Wildman–Crippen MR) is 117 cm³/mol. The fraction of sp³-hybridized carbons (Fsp3) is 0.250. The maximum atomic E-state index is 13.0. The van der Waals surface area contributed by atoms with Gasteiger partial charge in [-0.1, -0.05) is 23.9 Å². The molecule has 11 heteroatoms. The van der Waals surface area contributed by atoms with Crippen molar-refractivity contribution in [2.45, 2.75) is 24.4 Å². The SMILES string of the molecule is CCOC(=O)c1sc(N)c(C#N)c1CSc1nc2ccccc2c(=O)n1CC(=O)OC. The fourth-order valence-electron chi connectivity index (χ4n) is 2.83. The molecule has 1 aromatic carbocycles. The van der Waals surface area contributed by atoms with E-state index in [-0.39, 0.29) is 39.5 Å². The summed E-state index contributed by atoms with van der Waals surface area (Å²) in [5, 5.41) is 10.3. The van der Waals surface area contributed by atoms with Gasteiger partial charge in [0.05, 0.1) is 30.2 Å². The minimum atomic E-state index is -0.606. The molecule has 0 amide bonds. The monoisotopic (exact) mass is 458 g/mol. The molecule has 0 saturated heterocycles. The van der Waals surface area contributed by atoms with Gasteiger partial charge >= 0.3 is 11.9 Å². The number of nitrogens with zero attached hydrogens (tertiary/aromatic N) is 3. The number of nitrogens with two attached hydrogens (primary N) is 1. The molecular weight excluding hydrogens is 440 g/mol. The summed E-state index contributed by atoms with van der Waals surface area (Å²) in [6, 6.07) is 8.79.